The lowest BCUT2D eigenvalue weighted by atomic mass is 10.1. The molecular formula is C27H29FN4O5. The Labute approximate surface area is 214 Å². The van der Waals surface area contributed by atoms with Crippen molar-refractivity contribution < 1.29 is 28.6 Å². The predicted molar refractivity (Wildman–Crippen MR) is 137 cm³/mol. The maximum Gasteiger partial charge on any atom is 0.410 e. The van der Waals surface area contributed by atoms with E-state index < -0.39 is 18.1 Å². The van der Waals surface area contributed by atoms with Gasteiger partial charge in [0.1, 0.15) is 24.3 Å². The van der Waals surface area contributed by atoms with Crippen molar-refractivity contribution in [2.24, 2.45) is 0 Å². The third-order valence-corrected chi connectivity index (χ3v) is 5.61. The van der Waals surface area contributed by atoms with E-state index in [1.165, 1.54) is 19.2 Å². The highest BCUT2D eigenvalue weighted by Crippen LogP contribution is 2.15. The van der Waals surface area contributed by atoms with Gasteiger partial charge in [-0.1, -0.05) is 30.3 Å². The van der Waals surface area contributed by atoms with Crippen molar-refractivity contribution in [2.45, 2.75) is 25.5 Å². The van der Waals surface area contributed by atoms with Crippen LogP contribution in [0.3, 0.4) is 0 Å². The number of aromatic nitrogens is 1. The third-order valence-electron chi connectivity index (χ3n) is 5.61. The minimum Gasteiger partial charge on any atom is -0.480 e. The van der Waals surface area contributed by atoms with Gasteiger partial charge in [0.15, 0.2) is 0 Å². The van der Waals surface area contributed by atoms with E-state index in [0.717, 1.165) is 10.7 Å². The number of pyridine rings is 1. The summed E-state index contributed by atoms with van der Waals surface area (Å²) in [7, 11) is 5.08. The Morgan fingerprint density at radius 2 is 1.57 bits per heavy atom. The number of carbonyl (C=O) groups excluding carboxylic acids is 2. The van der Waals surface area contributed by atoms with Crippen LogP contribution >= 0.6 is 0 Å². The summed E-state index contributed by atoms with van der Waals surface area (Å²) >= 11 is 0. The molecule has 1 atom stereocenters. The number of ether oxygens (including phenoxy) is 1. The number of nitrogens with one attached hydrogen (secondary N) is 1. The lowest BCUT2D eigenvalue weighted by Crippen LogP contribution is -2.44. The molecular weight excluding hydrogens is 479 g/mol. The van der Waals surface area contributed by atoms with Gasteiger partial charge in [0.25, 0.3) is 0 Å². The summed E-state index contributed by atoms with van der Waals surface area (Å²) in [5, 5.41) is 12.4. The summed E-state index contributed by atoms with van der Waals surface area (Å²) in [5.41, 5.74) is 2.58. The van der Waals surface area contributed by atoms with E-state index in [1.54, 1.807) is 54.7 Å². The van der Waals surface area contributed by atoms with Crippen molar-refractivity contribution in [1.29, 1.82) is 0 Å². The largest absolute Gasteiger partial charge is 0.480 e. The normalized spacial score (nSPS) is 11.4. The van der Waals surface area contributed by atoms with Gasteiger partial charge >= 0.3 is 12.1 Å². The standard InChI is InChI=1S/C27H29FN4O5/c1-31(2)24-13-8-20(16-29-24)14-23(26(34)35)32(3)27(36)37-17-19-6-11-22(12-7-19)30-25(33)15-18-4-9-21(28)10-5-18/h4-13,16,23H,14-15,17H2,1-3H3,(H,30,33)(H,34,35). The molecule has 0 fully saturated rings. The van der Waals surface area contributed by atoms with Gasteiger partial charge in [0, 0.05) is 39.4 Å². The second-order valence-electron chi connectivity index (χ2n) is 8.69. The number of hydrogen-bond acceptors (Lipinski definition) is 6. The maximum absolute atomic E-state index is 13.0. The lowest BCUT2D eigenvalue weighted by molar-refractivity contribution is -0.142. The molecule has 2 aromatic carbocycles. The van der Waals surface area contributed by atoms with E-state index in [-0.39, 0.29) is 31.2 Å². The first kappa shape index (κ1) is 27.1. The molecule has 194 valence electrons. The zero-order valence-corrected chi connectivity index (χ0v) is 20.8. The van der Waals surface area contributed by atoms with Crippen LogP contribution in [0.2, 0.25) is 0 Å². The average Bonchev–Trinajstić information content (AvgIpc) is 2.87. The number of amides is 2. The molecule has 0 saturated carbocycles. The molecule has 1 heterocycles. The number of benzene rings is 2. The molecule has 1 aromatic heterocycles. The molecule has 0 spiro atoms. The van der Waals surface area contributed by atoms with Crippen LogP contribution in [0.25, 0.3) is 0 Å². The van der Waals surface area contributed by atoms with Gasteiger partial charge in [-0.15, -0.1) is 0 Å². The molecule has 3 aromatic rings. The number of nitrogens with zero attached hydrogens (tertiary/aromatic N) is 3. The van der Waals surface area contributed by atoms with Gasteiger partial charge < -0.3 is 20.1 Å². The summed E-state index contributed by atoms with van der Waals surface area (Å²) < 4.78 is 18.3. The Morgan fingerprint density at radius 3 is 2.14 bits per heavy atom. The van der Waals surface area contributed by atoms with Crippen LogP contribution in [0, 0.1) is 5.82 Å². The molecule has 3 rings (SSSR count). The summed E-state index contributed by atoms with van der Waals surface area (Å²) in [6.45, 7) is -0.0710. The van der Waals surface area contributed by atoms with Crippen LogP contribution in [0.1, 0.15) is 16.7 Å². The number of anilines is 2. The molecule has 0 radical (unpaired) electrons. The van der Waals surface area contributed by atoms with Gasteiger partial charge in [-0.3, -0.25) is 9.69 Å². The van der Waals surface area contributed by atoms with Gasteiger partial charge in [-0.25, -0.2) is 19.0 Å². The number of carboxylic acid groups (broad SMARTS) is 1. The number of rotatable bonds is 10. The molecule has 0 bridgehead atoms. The van der Waals surface area contributed by atoms with E-state index in [1.807, 2.05) is 19.0 Å². The third kappa shape index (κ3) is 8.03. The first-order valence-electron chi connectivity index (χ1n) is 11.5. The van der Waals surface area contributed by atoms with E-state index >= 15 is 0 Å². The smallest absolute Gasteiger partial charge is 0.410 e. The number of halogens is 1. The first-order valence-corrected chi connectivity index (χ1v) is 11.5. The van der Waals surface area contributed by atoms with E-state index in [0.29, 0.717) is 22.4 Å². The fourth-order valence-electron chi connectivity index (χ4n) is 3.47. The van der Waals surface area contributed by atoms with Crippen LogP contribution in [-0.4, -0.2) is 60.1 Å². The van der Waals surface area contributed by atoms with Crippen LogP contribution in [-0.2, 0) is 33.8 Å². The summed E-state index contributed by atoms with van der Waals surface area (Å²) in [6, 6.07) is 14.8. The molecule has 2 N–H and O–H groups in total. The van der Waals surface area contributed by atoms with Crippen molar-refractivity contribution in [2.75, 3.05) is 31.4 Å². The highest BCUT2D eigenvalue weighted by atomic mass is 19.1. The zero-order valence-electron chi connectivity index (χ0n) is 20.8. The molecule has 0 aliphatic rings. The number of aliphatic carboxylic acids is 1. The van der Waals surface area contributed by atoms with Crippen LogP contribution in [0.15, 0.2) is 66.9 Å². The molecule has 0 aliphatic carbocycles. The number of carboxylic acids is 1. The number of likely N-dealkylation sites (N-methyl/N-ethyl adjacent to an activating group) is 1. The molecule has 0 saturated heterocycles. The molecule has 0 aliphatic heterocycles. The van der Waals surface area contributed by atoms with Gasteiger partial charge in [0.2, 0.25) is 5.91 Å². The van der Waals surface area contributed by atoms with Gasteiger partial charge in [-0.05, 0) is 47.0 Å². The Kier molecular flexibility index (Phi) is 9.15. The number of carbonyl (C=O) groups is 3. The highest BCUT2D eigenvalue weighted by Gasteiger charge is 2.28. The lowest BCUT2D eigenvalue weighted by Gasteiger charge is -2.24. The topological polar surface area (TPSA) is 112 Å². The minimum atomic E-state index is -1.16. The summed E-state index contributed by atoms with van der Waals surface area (Å²) in [4.78, 5) is 43.7. The van der Waals surface area contributed by atoms with Gasteiger partial charge in [-0.2, -0.15) is 0 Å². The first-order chi connectivity index (χ1) is 17.6. The Morgan fingerprint density at radius 1 is 0.946 bits per heavy atom. The molecule has 2 amide bonds. The molecule has 10 heteroatoms. The average molecular weight is 509 g/mol. The highest BCUT2D eigenvalue weighted by molar-refractivity contribution is 5.92. The number of hydrogen-bond donors (Lipinski definition) is 2. The predicted octanol–water partition coefficient (Wildman–Crippen LogP) is 3.73. The quantitative estimate of drug-likeness (QED) is 0.429. The Hall–Kier alpha value is -4.47. The van der Waals surface area contributed by atoms with Crippen molar-refractivity contribution in [3.8, 4) is 0 Å². The van der Waals surface area contributed by atoms with E-state index in [4.69, 9.17) is 4.74 Å². The van der Waals surface area contributed by atoms with Crippen molar-refractivity contribution in [3.05, 3.63) is 89.4 Å². The second kappa shape index (κ2) is 12.5. The second-order valence-corrected chi connectivity index (χ2v) is 8.69. The minimum absolute atomic E-state index is 0.0710. The maximum atomic E-state index is 13.0. The van der Waals surface area contributed by atoms with E-state index in [9.17, 15) is 23.9 Å². The monoisotopic (exact) mass is 508 g/mol. The van der Waals surface area contributed by atoms with Crippen LogP contribution in [0.4, 0.5) is 20.7 Å². The fraction of sp³-hybridized carbons (Fsp3) is 0.259. The van der Waals surface area contributed by atoms with Crippen LogP contribution in [0.5, 0.6) is 0 Å². The van der Waals surface area contributed by atoms with Crippen molar-refractivity contribution in [1.82, 2.24) is 9.88 Å². The van der Waals surface area contributed by atoms with Crippen molar-refractivity contribution in [3.63, 3.8) is 0 Å². The SMILES string of the molecule is CN(C)c1ccc(CC(C(=O)O)N(C)C(=O)OCc2ccc(NC(=O)Cc3ccc(F)cc3)cc2)cn1. The fourth-order valence-corrected chi connectivity index (χ4v) is 3.47. The van der Waals surface area contributed by atoms with Gasteiger partial charge in [0.05, 0.1) is 6.42 Å². The van der Waals surface area contributed by atoms with E-state index in [2.05, 4.69) is 10.3 Å². The summed E-state index contributed by atoms with van der Waals surface area (Å²) in [6.07, 6.45) is 0.993. The zero-order chi connectivity index (χ0) is 26.9. The Balaban J connectivity index is 1.51. The molecule has 9 nitrogen and oxygen atoms in total. The molecule has 37 heavy (non-hydrogen) atoms. The molecule has 1 unspecified atom stereocenters. The Bertz CT molecular complexity index is 1220. The van der Waals surface area contributed by atoms with Crippen molar-refractivity contribution >= 4 is 29.5 Å². The summed E-state index contributed by atoms with van der Waals surface area (Å²) in [5.74, 6) is -1.03. The van der Waals surface area contributed by atoms with Crippen LogP contribution < -0.4 is 10.2 Å².